The molecule has 1 fully saturated rings. The predicted octanol–water partition coefficient (Wildman–Crippen LogP) is -0.108. The van der Waals surface area contributed by atoms with Crippen LogP contribution in [0.15, 0.2) is 0 Å². The minimum Gasteiger partial charge on any atom is -0.724 e. The third-order valence-electron chi connectivity index (χ3n) is 2.50. The Labute approximate surface area is 117 Å². The second kappa shape index (κ2) is 4.86. The molecule has 0 unspecified atom stereocenters. The van der Waals surface area contributed by atoms with Gasteiger partial charge in [0.2, 0.25) is 10.4 Å². The van der Waals surface area contributed by atoms with Crippen LogP contribution in [-0.2, 0) is 24.2 Å². The summed E-state index contributed by atoms with van der Waals surface area (Å²) >= 11 is 0. The lowest BCUT2D eigenvalue weighted by Crippen LogP contribution is -2.76. The van der Waals surface area contributed by atoms with Crippen molar-refractivity contribution < 1.29 is 31.6 Å². The van der Waals surface area contributed by atoms with Crippen molar-refractivity contribution in [3.8, 4) is 0 Å². The zero-order valence-corrected chi connectivity index (χ0v) is 12.6. The van der Waals surface area contributed by atoms with Crippen LogP contribution in [0.5, 0.6) is 0 Å². The van der Waals surface area contributed by atoms with Crippen molar-refractivity contribution in [3.63, 3.8) is 0 Å². The molecule has 0 saturated carbocycles. The molecule has 0 spiro atoms. The summed E-state index contributed by atoms with van der Waals surface area (Å²) in [6.45, 7) is 7.82. The van der Waals surface area contributed by atoms with Crippen LogP contribution < -0.4 is 5.32 Å². The standard InChI is InChI=1S/C10H18N2O7S/c1-9(2,3)18-8(14)11-6-7(13)12(10(6,4)5)19-20(15,16)17/h6H,1-5H3,(H,11,14)(H,15,16,17)/p-1/t6-/m1/s1. The van der Waals surface area contributed by atoms with Crippen LogP contribution in [-0.4, -0.2) is 47.2 Å². The molecule has 2 amide bonds. The molecule has 1 rings (SSSR count). The number of rotatable bonds is 3. The molecule has 0 aromatic rings. The number of β-lactam (4-membered cyclic amide) rings is 1. The molecule has 1 aliphatic heterocycles. The highest BCUT2D eigenvalue weighted by atomic mass is 32.3. The second-order valence-corrected chi connectivity index (χ2v) is 6.81. The summed E-state index contributed by atoms with van der Waals surface area (Å²) in [6, 6.07) is -1.04. The lowest BCUT2D eigenvalue weighted by atomic mass is 9.85. The van der Waals surface area contributed by atoms with E-state index in [-0.39, 0.29) is 0 Å². The minimum atomic E-state index is -5.06. The first kappa shape index (κ1) is 16.7. The summed E-state index contributed by atoms with van der Waals surface area (Å²) in [5.41, 5.74) is -1.93. The van der Waals surface area contributed by atoms with Crippen molar-refractivity contribution in [2.75, 3.05) is 0 Å². The number of amides is 2. The van der Waals surface area contributed by atoms with E-state index in [1.807, 2.05) is 0 Å². The van der Waals surface area contributed by atoms with Gasteiger partial charge < -0.3 is 14.6 Å². The third-order valence-corrected chi connectivity index (χ3v) is 2.84. The number of ether oxygens (including phenoxy) is 1. The molecule has 1 saturated heterocycles. The molecule has 1 atom stereocenters. The molecule has 0 radical (unpaired) electrons. The van der Waals surface area contributed by atoms with E-state index in [1.165, 1.54) is 13.8 Å². The molecule has 0 bridgehead atoms. The highest BCUT2D eigenvalue weighted by Crippen LogP contribution is 2.32. The van der Waals surface area contributed by atoms with Crippen LogP contribution in [0.4, 0.5) is 4.79 Å². The predicted molar refractivity (Wildman–Crippen MR) is 64.9 cm³/mol. The summed E-state index contributed by atoms with van der Waals surface area (Å²) in [6.07, 6.45) is -0.825. The van der Waals surface area contributed by atoms with Gasteiger partial charge in [-0.3, -0.25) is 4.79 Å². The molecular formula is C10H17N2O7S-. The van der Waals surface area contributed by atoms with E-state index >= 15 is 0 Å². The first-order valence-corrected chi connectivity index (χ1v) is 7.06. The maximum Gasteiger partial charge on any atom is 0.408 e. The van der Waals surface area contributed by atoms with Crippen LogP contribution in [0.25, 0.3) is 0 Å². The summed E-state index contributed by atoms with van der Waals surface area (Å²) < 4.78 is 40.5. The van der Waals surface area contributed by atoms with Gasteiger partial charge in [0.25, 0.3) is 5.91 Å². The van der Waals surface area contributed by atoms with Gasteiger partial charge in [-0.25, -0.2) is 13.2 Å². The number of nitrogens with one attached hydrogen (secondary N) is 1. The van der Waals surface area contributed by atoms with Crippen LogP contribution in [0.3, 0.4) is 0 Å². The van der Waals surface area contributed by atoms with Gasteiger partial charge in [-0.2, -0.15) is 9.35 Å². The van der Waals surface area contributed by atoms with Gasteiger partial charge in [0, 0.05) is 0 Å². The maximum absolute atomic E-state index is 11.7. The summed E-state index contributed by atoms with van der Waals surface area (Å²) in [5.74, 6) is -0.847. The molecule has 1 heterocycles. The van der Waals surface area contributed by atoms with Crippen molar-refractivity contribution in [2.24, 2.45) is 0 Å². The number of alkyl carbamates (subject to hydrolysis) is 1. The largest absolute Gasteiger partial charge is 0.724 e. The molecule has 1 N–H and O–H groups in total. The molecule has 9 nitrogen and oxygen atoms in total. The van der Waals surface area contributed by atoms with Crippen molar-refractivity contribution in [2.45, 2.75) is 51.8 Å². The summed E-state index contributed by atoms with van der Waals surface area (Å²) in [7, 11) is -5.06. The van der Waals surface area contributed by atoms with E-state index in [0.717, 1.165) is 0 Å². The normalized spacial score (nSPS) is 22.2. The monoisotopic (exact) mass is 309 g/mol. The zero-order chi connectivity index (χ0) is 15.9. The third kappa shape index (κ3) is 3.81. The fraction of sp³-hybridized carbons (Fsp3) is 0.800. The van der Waals surface area contributed by atoms with Crippen molar-refractivity contribution in [3.05, 3.63) is 0 Å². The van der Waals surface area contributed by atoms with Crippen LogP contribution in [0.2, 0.25) is 0 Å². The Hall–Kier alpha value is -1.39. The number of hydrogen-bond donors (Lipinski definition) is 1. The zero-order valence-electron chi connectivity index (χ0n) is 11.8. The van der Waals surface area contributed by atoms with Gasteiger partial charge in [-0.1, -0.05) is 0 Å². The van der Waals surface area contributed by atoms with Crippen molar-refractivity contribution in [1.29, 1.82) is 0 Å². The lowest BCUT2D eigenvalue weighted by molar-refractivity contribution is -0.218. The summed E-state index contributed by atoms with van der Waals surface area (Å²) in [5, 5.41) is 2.71. The molecule has 0 aromatic carbocycles. The lowest BCUT2D eigenvalue weighted by Gasteiger charge is -2.51. The fourth-order valence-electron chi connectivity index (χ4n) is 1.64. The number of nitrogens with zero attached hydrogens (tertiary/aromatic N) is 1. The van der Waals surface area contributed by atoms with E-state index in [2.05, 4.69) is 9.60 Å². The molecule has 20 heavy (non-hydrogen) atoms. The minimum absolute atomic E-state index is 0.414. The van der Waals surface area contributed by atoms with Gasteiger partial charge >= 0.3 is 6.09 Å². The van der Waals surface area contributed by atoms with E-state index in [0.29, 0.717) is 5.06 Å². The van der Waals surface area contributed by atoms with Crippen LogP contribution in [0, 0.1) is 0 Å². The Bertz CT molecular complexity index is 520. The maximum atomic E-state index is 11.7. The molecule has 116 valence electrons. The van der Waals surface area contributed by atoms with Crippen molar-refractivity contribution in [1.82, 2.24) is 10.4 Å². The molecule has 0 aromatic heterocycles. The van der Waals surface area contributed by atoms with E-state index < -0.39 is 39.6 Å². The van der Waals surface area contributed by atoms with E-state index in [4.69, 9.17) is 4.74 Å². The van der Waals surface area contributed by atoms with Gasteiger partial charge in [0.1, 0.15) is 11.6 Å². The number of carbonyl (C=O) groups is 2. The molecule has 0 aliphatic carbocycles. The Morgan fingerprint density at radius 2 is 1.90 bits per heavy atom. The SMILES string of the molecule is CC(C)(C)OC(=O)N[C@@H]1C(=O)N(OS(=O)(=O)[O-])C1(C)C. The second-order valence-electron chi connectivity index (χ2n) is 5.85. The van der Waals surface area contributed by atoms with Gasteiger partial charge in [-0.05, 0) is 34.6 Å². The van der Waals surface area contributed by atoms with Crippen molar-refractivity contribution >= 4 is 22.4 Å². The fourth-order valence-corrected chi connectivity index (χ4v) is 2.09. The smallest absolute Gasteiger partial charge is 0.408 e. The number of carbonyl (C=O) groups excluding carboxylic acids is 2. The molecular weight excluding hydrogens is 292 g/mol. The number of hydrogen-bond acceptors (Lipinski definition) is 7. The topological polar surface area (TPSA) is 125 Å². The number of hydroxylamine groups is 2. The van der Waals surface area contributed by atoms with Crippen LogP contribution >= 0.6 is 0 Å². The first-order valence-electron chi connectivity index (χ1n) is 5.73. The molecule has 10 heteroatoms. The van der Waals surface area contributed by atoms with Gasteiger partial charge in [-0.15, -0.1) is 0 Å². The highest BCUT2D eigenvalue weighted by Gasteiger charge is 2.57. The Kier molecular flexibility index (Phi) is 4.05. The summed E-state index contributed by atoms with van der Waals surface area (Å²) in [4.78, 5) is 23.2. The highest BCUT2D eigenvalue weighted by molar-refractivity contribution is 7.80. The Morgan fingerprint density at radius 1 is 1.40 bits per heavy atom. The van der Waals surface area contributed by atoms with E-state index in [9.17, 15) is 22.6 Å². The Balaban J connectivity index is 2.72. The van der Waals surface area contributed by atoms with Gasteiger partial charge in [0.15, 0.2) is 0 Å². The molecule has 1 aliphatic rings. The average molecular weight is 309 g/mol. The first-order chi connectivity index (χ1) is 8.74. The Morgan fingerprint density at radius 3 is 2.25 bits per heavy atom. The van der Waals surface area contributed by atoms with E-state index in [1.54, 1.807) is 20.8 Å². The quantitative estimate of drug-likeness (QED) is 0.438. The average Bonchev–Trinajstić information content (AvgIpc) is 2.18. The van der Waals surface area contributed by atoms with Gasteiger partial charge in [0.05, 0.1) is 5.54 Å². The van der Waals surface area contributed by atoms with Crippen LogP contribution in [0.1, 0.15) is 34.6 Å².